The molecule has 7 nitrogen and oxygen atoms in total. The first-order valence-electron chi connectivity index (χ1n) is 9.06. The van der Waals surface area contributed by atoms with Gasteiger partial charge in [0.25, 0.3) is 11.8 Å². The number of nitrogens with zero attached hydrogens (tertiary/aromatic N) is 2. The van der Waals surface area contributed by atoms with Crippen molar-refractivity contribution in [3.8, 4) is 0 Å². The van der Waals surface area contributed by atoms with Crippen LogP contribution in [0.15, 0.2) is 48.5 Å². The second-order valence-electron chi connectivity index (χ2n) is 6.93. The number of amides is 4. The number of aryl methyl sites for hydroxylation is 1. The quantitative estimate of drug-likeness (QED) is 0.817. The van der Waals surface area contributed by atoms with E-state index in [-0.39, 0.29) is 12.5 Å². The maximum Gasteiger partial charge on any atom is 0.262 e. The Balaban J connectivity index is 1.58. The largest absolute Gasteiger partial charge is 0.352 e. The molecule has 142 valence electrons. The molecule has 0 spiro atoms. The third kappa shape index (κ3) is 2.94. The summed E-state index contributed by atoms with van der Waals surface area (Å²) in [5, 5.41) is 2.78. The first-order valence-corrected chi connectivity index (χ1v) is 9.06. The Kier molecular flexibility index (Phi) is 4.43. The SMILES string of the molecule is Cc1ccc(C2C(=O)NCCN2C(=O)CN2C(=O)c3ccccc3C2=O)cc1. The molecule has 2 heterocycles. The van der Waals surface area contributed by atoms with Crippen molar-refractivity contribution in [3.63, 3.8) is 0 Å². The fourth-order valence-corrected chi connectivity index (χ4v) is 3.62. The lowest BCUT2D eigenvalue weighted by atomic mass is 10.0. The van der Waals surface area contributed by atoms with Crippen LogP contribution in [0.1, 0.15) is 37.9 Å². The minimum atomic E-state index is -0.781. The van der Waals surface area contributed by atoms with Crippen LogP contribution in [0.25, 0.3) is 0 Å². The molecule has 0 saturated carbocycles. The summed E-state index contributed by atoms with van der Waals surface area (Å²) < 4.78 is 0. The molecule has 0 bridgehead atoms. The van der Waals surface area contributed by atoms with Gasteiger partial charge in [0.05, 0.1) is 11.1 Å². The Bertz CT molecular complexity index is 948. The van der Waals surface area contributed by atoms with E-state index in [1.54, 1.807) is 24.3 Å². The standard InChI is InChI=1S/C21H19N3O4/c1-13-6-8-14(9-7-13)18-19(26)22-10-11-23(18)17(25)12-24-20(27)15-4-2-3-5-16(15)21(24)28/h2-9,18H,10-12H2,1H3,(H,22,26). The lowest BCUT2D eigenvalue weighted by Crippen LogP contribution is -2.54. The molecule has 2 aliphatic rings. The average Bonchev–Trinajstić information content (AvgIpc) is 2.94. The van der Waals surface area contributed by atoms with Crippen LogP contribution in [0.3, 0.4) is 0 Å². The molecule has 4 rings (SSSR count). The summed E-state index contributed by atoms with van der Waals surface area (Å²) in [6.45, 7) is 2.19. The van der Waals surface area contributed by atoms with Crippen LogP contribution < -0.4 is 5.32 Å². The molecule has 0 aliphatic carbocycles. The fourth-order valence-electron chi connectivity index (χ4n) is 3.62. The van der Waals surface area contributed by atoms with Gasteiger partial charge in [-0.05, 0) is 24.6 Å². The smallest absolute Gasteiger partial charge is 0.262 e. The molecule has 1 saturated heterocycles. The van der Waals surface area contributed by atoms with Crippen molar-refractivity contribution in [1.29, 1.82) is 0 Å². The highest BCUT2D eigenvalue weighted by atomic mass is 16.2. The topological polar surface area (TPSA) is 86.8 Å². The molecule has 0 aromatic heterocycles. The second kappa shape index (κ2) is 6.92. The molecule has 2 aliphatic heterocycles. The molecule has 2 aromatic rings. The van der Waals surface area contributed by atoms with E-state index in [1.165, 1.54) is 4.90 Å². The lowest BCUT2D eigenvalue weighted by molar-refractivity contribution is -0.143. The van der Waals surface area contributed by atoms with Crippen molar-refractivity contribution in [2.75, 3.05) is 19.6 Å². The highest BCUT2D eigenvalue weighted by molar-refractivity contribution is 6.22. The highest BCUT2D eigenvalue weighted by Crippen LogP contribution is 2.26. The van der Waals surface area contributed by atoms with E-state index in [0.29, 0.717) is 29.8 Å². The van der Waals surface area contributed by atoms with Gasteiger partial charge in [-0.25, -0.2) is 0 Å². The molecule has 1 unspecified atom stereocenters. The first kappa shape index (κ1) is 17.9. The van der Waals surface area contributed by atoms with E-state index in [1.807, 2.05) is 31.2 Å². The molecule has 28 heavy (non-hydrogen) atoms. The van der Waals surface area contributed by atoms with Crippen LogP contribution in [0, 0.1) is 6.92 Å². The van der Waals surface area contributed by atoms with E-state index in [4.69, 9.17) is 0 Å². The van der Waals surface area contributed by atoms with Gasteiger partial charge >= 0.3 is 0 Å². The average molecular weight is 377 g/mol. The third-order valence-electron chi connectivity index (χ3n) is 5.10. The summed E-state index contributed by atoms with van der Waals surface area (Å²) in [6, 6.07) is 13.1. The van der Waals surface area contributed by atoms with Gasteiger partial charge < -0.3 is 10.2 Å². The van der Waals surface area contributed by atoms with Crippen molar-refractivity contribution in [1.82, 2.24) is 15.1 Å². The van der Waals surface area contributed by atoms with Crippen molar-refractivity contribution in [2.24, 2.45) is 0 Å². The Labute approximate surface area is 161 Å². The van der Waals surface area contributed by atoms with Crippen molar-refractivity contribution >= 4 is 23.6 Å². The summed E-state index contributed by atoms with van der Waals surface area (Å²) in [5.41, 5.74) is 2.33. The van der Waals surface area contributed by atoms with E-state index in [9.17, 15) is 19.2 Å². The van der Waals surface area contributed by atoms with Crippen LogP contribution in [-0.2, 0) is 9.59 Å². The number of piperazine rings is 1. The summed E-state index contributed by atoms with van der Waals surface area (Å²) in [6.07, 6.45) is 0. The zero-order valence-electron chi connectivity index (χ0n) is 15.3. The van der Waals surface area contributed by atoms with Crippen LogP contribution in [0.5, 0.6) is 0 Å². The van der Waals surface area contributed by atoms with Crippen molar-refractivity contribution in [3.05, 3.63) is 70.8 Å². The maximum atomic E-state index is 13.0. The van der Waals surface area contributed by atoms with Gasteiger partial charge in [-0.2, -0.15) is 0 Å². The minimum Gasteiger partial charge on any atom is -0.352 e. The molecule has 0 radical (unpaired) electrons. The number of hydrogen-bond donors (Lipinski definition) is 1. The van der Waals surface area contributed by atoms with E-state index >= 15 is 0 Å². The molecule has 7 heteroatoms. The van der Waals surface area contributed by atoms with Gasteiger partial charge in [0.15, 0.2) is 0 Å². The van der Waals surface area contributed by atoms with E-state index < -0.39 is 23.8 Å². The molecular weight excluding hydrogens is 358 g/mol. The highest BCUT2D eigenvalue weighted by Gasteiger charge is 2.40. The zero-order valence-corrected chi connectivity index (χ0v) is 15.3. The Morgan fingerprint density at radius 2 is 1.61 bits per heavy atom. The van der Waals surface area contributed by atoms with Gasteiger partial charge in [-0.15, -0.1) is 0 Å². The number of rotatable bonds is 3. The molecule has 4 amide bonds. The predicted molar refractivity (Wildman–Crippen MR) is 100 cm³/mol. The Morgan fingerprint density at radius 3 is 2.21 bits per heavy atom. The Hall–Kier alpha value is -3.48. The first-order chi connectivity index (χ1) is 13.5. The third-order valence-corrected chi connectivity index (χ3v) is 5.10. The summed E-state index contributed by atoms with van der Waals surface area (Å²) >= 11 is 0. The number of imide groups is 1. The molecule has 1 fully saturated rings. The van der Waals surface area contributed by atoms with Crippen LogP contribution in [-0.4, -0.2) is 53.1 Å². The zero-order chi connectivity index (χ0) is 19.8. The maximum absolute atomic E-state index is 13.0. The monoisotopic (exact) mass is 377 g/mol. The molecule has 1 N–H and O–H groups in total. The summed E-state index contributed by atoms with van der Waals surface area (Å²) in [4.78, 5) is 52.9. The van der Waals surface area contributed by atoms with Gasteiger partial charge in [-0.1, -0.05) is 42.0 Å². The van der Waals surface area contributed by atoms with Gasteiger partial charge in [0.1, 0.15) is 12.6 Å². The molecule has 2 aromatic carbocycles. The summed E-state index contributed by atoms with van der Waals surface area (Å²) in [7, 11) is 0. The van der Waals surface area contributed by atoms with Crippen molar-refractivity contribution < 1.29 is 19.2 Å². The number of carbonyl (C=O) groups excluding carboxylic acids is 4. The summed E-state index contributed by atoms with van der Waals surface area (Å²) in [5.74, 6) is -1.68. The van der Waals surface area contributed by atoms with Crippen LogP contribution in [0.2, 0.25) is 0 Å². The number of nitrogens with one attached hydrogen (secondary N) is 1. The normalized spacial score (nSPS) is 18.9. The lowest BCUT2D eigenvalue weighted by Gasteiger charge is -2.36. The van der Waals surface area contributed by atoms with E-state index in [0.717, 1.165) is 10.5 Å². The fraction of sp³-hybridized carbons (Fsp3) is 0.238. The van der Waals surface area contributed by atoms with Crippen LogP contribution in [0.4, 0.5) is 0 Å². The molecular formula is C21H19N3O4. The van der Waals surface area contributed by atoms with Gasteiger partial charge in [0.2, 0.25) is 11.8 Å². The number of benzene rings is 2. The predicted octanol–water partition coefficient (Wildman–Crippen LogP) is 1.29. The second-order valence-corrected chi connectivity index (χ2v) is 6.93. The number of fused-ring (bicyclic) bond motifs is 1. The molecule has 1 atom stereocenters. The van der Waals surface area contributed by atoms with Gasteiger partial charge in [-0.3, -0.25) is 24.1 Å². The van der Waals surface area contributed by atoms with Gasteiger partial charge in [0, 0.05) is 13.1 Å². The van der Waals surface area contributed by atoms with E-state index in [2.05, 4.69) is 5.32 Å². The minimum absolute atomic E-state index is 0.272. The van der Waals surface area contributed by atoms with Crippen LogP contribution >= 0.6 is 0 Å². The van der Waals surface area contributed by atoms with Crippen molar-refractivity contribution in [2.45, 2.75) is 13.0 Å². The Morgan fingerprint density at radius 1 is 1.00 bits per heavy atom. The number of hydrogen-bond acceptors (Lipinski definition) is 4. The number of carbonyl (C=O) groups is 4.